The lowest BCUT2D eigenvalue weighted by Crippen LogP contribution is -2.39. The monoisotopic (exact) mass is 364 g/mol. The molecule has 2 aromatic rings. The van der Waals surface area contributed by atoms with Crippen molar-refractivity contribution in [3.8, 4) is 5.69 Å². The van der Waals surface area contributed by atoms with E-state index in [0.717, 1.165) is 6.42 Å². The number of nitrogens with zero attached hydrogens (tertiary/aromatic N) is 4. The third-order valence-electron chi connectivity index (χ3n) is 3.30. The Morgan fingerprint density at radius 2 is 2.04 bits per heavy atom. The first-order valence-electron chi connectivity index (χ1n) is 7.89. The highest BCUT2D eigenvalue weighted by Crippen LogP contribution is 2.23. The van der Waals surface area contributed by atoms with Crippen LogP contribution in [0, 0.1) is 0 Å². The summed E-state index contributed by atoms with van der Waals surface area (Å²) in [5, 5.41) is 10.1. The van der Waals surface area contributed by atoms with E-state index in [1.165, 1.54) is 17.3 Å². The molecule has 0 fully saturated rings. The standard InChI is InChI=1S/C16H21ClN6O2/c1-3-6-19-15(24)8-22(2)9-16(25)21-13-7-12(17)4-5-14(13)23-11-18-10-20-23/h4-5,7,10-11H,3,6,8-9H2,1-2H3,(H,19,24)(H,21,25). The van der Waals surface area contributed by atoms with Gasteiger partial charge >= 0.3 is 0 Å². The summed E-state index contributed by atoms with van der Waals surface area (Å²) in [6.07, 6.45) is 3.81. The topological polar surface area (TPSA) is 92.2 Å². The molecule has 0 unspecified atom stereocenters. The number of carbonyl (C=O) groups excluding carboxylic acids is 2. The molecule has 0 saturated heterocycles. The number of benzene rings is 1. The summed E-state index contributed by atoms with van der Waals surface area (Å²) >= 11 is 6.02. The van der Waals surface area contributed by atoms with Crippen molar-refractivity contribution in [1.82, 2.24) is 25.0 Å². The second-order valence-electron chi connectivity index (χ2n) is 5.57. The average molecular weight is 365 g/mol. The Labute approximate surface area is 151 Å². The number of hydrogen-bond acceptors (Lipinski definition) is 5. The lowest BCUT2D eigenvalue weighted by molar-refractivity contribution is -0.122. The summed E-state index contributed by atoms with van der Waals surface area (Å²) < 4.78 is 1.54. The molecule has 8 nitrogen and oxygen atoms in total. The molecule has 1 heterocycles. The molecule has 0 spiro atoms. The molecule has 0 radical (unpaired) electrons. The number of aromatic nitrogens is 3. The first-order valence-corrected chi connectivity index (χ1v) is 8.27. The SMILES string of the molecule is CCCNC(=O)CN(C)CC(=O)Nc1cc(Cl)ccc1-n1cncn1. The molecular formula is C16H21ClN6O2. The van der Waals surface area contributed by atoms with Gasteiger partial charge in [-0.15, -0.1) is 0 Å². The molecule has 9 heteroatoms. The van der Waals surface area contributed by atoms with Gasteiger partial charge in [0.15, 0.2) is 0 Å². The molecule has 25 heavy (non-hydrogen) atoms. The fourth-order valence-corrected chi connectivity index (χ4v) is 2.37. The molecule has 134 valence electrons. The van der Waals surface area contributed by atoms with Crippen LogP contribution in [-0.2, 0) is 9.59 Å². The predicted octanol–water partition coefficient (Wildman–Crippen LogP) is 1.32. The third-order valence-corrected chi connectivity index (χ3v) is 3.53. The number of rotatable bonds is 8. The average Bonchev–Trinajstić information content (AvgIpc) is 3.06. The van der Waals surface area contributed by atoms with Gasteiger partial charge in [0.1, 0.15) is 12.7 Å². The number of halogens is 1. The van der Waals surface area contributed by atoms with Crippen molar-refractivity contribution in [3.63, 3.8) is 0 Å². The summed E-state index contributed by atoms with van der Waals surface area (Å²) in [6.45, 7) is 2.83. The van der Waals surface area contributed by atoms with Crippen molar-refractivity contribution in [1.29, 1.82) is 0 Å². The molecule has 0 saturated carbocycles. The van der Waals surface area contributed by atoms with Crippen molar-refractivity contribution >= 4 is 29.1 Å². The van der Waals surface area contributed by atoms with Gasteiger partial charge < -0.3 is 10.6 Å². The van der Waals surface area contributed by atoms with Gasteiger partial charge in [-0.2, -0.15) is 5.10 Å². The van der Waals surface area contributed by atoms with Gasteiger partial charge in [0.05, 0.1) is 24.5 Å². The van der Waals surface area contributed by atoms with Crippen molar-refractivity contribution in [3.05, 3.63) is 35.9 Å². The van der Waals surface area contributed by atoms with Gasteiger partial charge in [-0.3, -0.25) is 14.5 Å². The molecule has 2 rings (SSSR count). The Morgan fingerprint density at radius 3 is 2.72 bits per heavy atom. The first-order chi connectivity index (χ1) is 12.0. The van der Waals surface area contributed by atoms with Crippen LogP contribution in [0.25, 0.3) is 5.69 Å². The smallest absolute Gasteiger partial charge is 0.238 e. The minimum atomic E-state index is -0.255. The van der Waals surface area contributed by atoms with Gasteiger partial charge in [-0.05, 0) is 31.7 Å². The van der Waals surface area contributed by atoms with Crippen LogP contribution in [0.1, 0.15) is 13.3 Å². The normalized spacial score (nSPS) is 10.7. The maximum absolute atomic E-state index is 12.3. The van der Waals surface area contributed by atoms with Gasteiger partial charge in [0.25, 0.3) is 0 Å². The fraction of sp³-hybridized carbons (Fsp3) is 0.375. The van der Waals surface area contributed by atoms with E-state index in [2.05, 4.69) is 20.7 Å². The van der Waals surface area contributed by atoms with Crippen LogP contribution in [0.5, 0.6) is 0 Å². The van der Waals surface area contributed by atoms with Crippen LogP contribution in [0.4, 0.5) is 5.69 Å². The second kappa shape index (κ2) is 9.14. The lowest BCUT2D eigenvalue weighted by atomic mass is 10.2. The summed E-state index contributed by atoms with van der Waals surface area (Å²) in [7, 11) is 1.71. The quantitative estimate of drug-likeness (QED) is 0.737. The fourth-order valence-electron chi connectivity index (χ4n) is 2.20. The number of carbonyl (C=O) groups is 2. The summed E-state index contributed by atoms with van der Waals surface area (Å²) in [4.78, 5) is 29.5. The van der Waals surface area contributed by atoms with E-state index in [4.69, 9.17) is 11.6 Å². The highest BCUT2D eigenvalue weighted by atomic mass is 35.5. The zero-order valence-corrected chi connectivity index (χ0v) is 15.0. The van der Waals surface area contributed by atoms with Gasteiger partial charge in [0, 0.05) is 11.6 Å². The Balaban J connectivity index is 1.98. The number of anilines is 1. The van der Waals surface area contributed by atoms with E-state index in [9.17, 15) is 9.59 Å². The highest BCUT2D eigenvalue weighted by molar-refractivity contribution is 6.31. The Bertz CT molecular complexity index is 719. The molecule has 2 N–H and O–H groups in total. The number of hydrogen-bond donors (Lipinski definition) is 2. The molecular weight excluding hydrogens is 344 g/mol. The Hall–Kier alpha value is -2.45. The van der Waals surface area contributed by atoms with Gasteiger partial charge in [-0.25, -0.2) is 9.67 Å². The minimum absolute atomic E-state index is 0.0723. The van der Waals surface area contributed by atoms with E-state index in [1.54, 1.807) is 30.1 Å². The highest BCUT2D eigenvalue weighted by Gasteiger charge is 2.13. The largest absolute Gasteiger partial charge is 0.355 e. The minimum Gasteiger partial charge on any atom is -0.355 e. The van der Waals surface area contributed by atoms with Crippen LogP contribution >= 0.6 is 11.6 Å². The second-order valence-corrected chi connectivity index (χ2v) is 6.01. The summed E-state index contributed by atoms with van der Waals surface area (Å²) in [5.41, 5.74) is 1.17. The van der Waals surface area contributed by atoms with Crippen LogP contribution in [0.15, 0.2) is 30.9 Å². The maximum Gasteiger partial charge on any atom is 0.238 e. The van der Waals surface area contributed by atoms with E-state index in [0.29, 0.717) is 22.9 Å². The van der Waals surface area contributed by atoms with Crippen LogP contribution < -0.4 is 10.6 Å². The molecule has 1 aromatic carbocycles. The molecule has 0 bridgehead atoms. The van der Waals surface area contributed by atoms with Gasteiger partial charge in [-0.1, -0.05) is 18.5 Å². The molecule has 0 aliphatic rings. The van der Waals surface area contributed by atoms with Gasteiger partial charge in [0.2, 0.25) is 11.8 Å². The molecule has 0 atom stereocenters. The van der Waals surface area contributed by atoms with Crippen LogP contribution in [0.2, 0.25) is 5.02 Å². The van der Waals surface area contributed by atoms with E-state index >= 15 is 0 Å². The zero-order chi connectivity index (χ0) is 18.2. The Kier molecular flexibility index (Phi) is 6.91. The Morgan fingerprint density at radius 1 is 1.28 bits per heavy atom. The number of nitrogens with one attached hydrogen (secondary N) is 2. The molecule has 1 aromatic heterocycles. The lowest BCUT2D eigenvalue weighted by Gasteiger charge is -2.17. The number of likely N-dealkylation sites (N-methyl/N-ethyl adjacent to an activating group) is 1. The van der Waals surface area contributed by atoms with E-state index < -0.39 is 0 Å². The van der Waals surface area contributed by atoms with Crippen LogP contribution in [-0.4, -0.2) is 58.2 Å². The van der Waals surface area contributed by atoms with Crippen LogP contribution in [0.3, 0.4) is 0 Å². The molecule has 0 aliphatic heterocycles. The van der Waals surface area contributed by atoms with Crippen molar-refractivity contribution < 1.29 is 9.59 Å². The van der Waals surface area contributed by atoms with Crippen molar-refractivity contribution in [2.45, 2.75) is 13.3 Å². The first kappa shape index (κ1) is 18.9. The third kappa shape index (κ3) is 5.84. The molecule has 0 aliphatic carbocycles. The van der Waals surface area contributed by atoms with Crippen molar-refractivity contribution in [2.24, 2.45) is 0 Å². The maximum atomic E-state index is 12.3. The summed E-state index contributed by atoms with van der Waals surface area (Å²) in [6, 6.07) is 5.09. The number of amides is 2. The van der Waals surface area contributed by atoms with E-state index in [1.807, 2.05) is 6.92 Å². The predicted molar refractivity (Wildman–Crippen MR) is 95.8 cm³/mol. The summed E-state index contributed by atoms with van der Waals surface area (Å²) in [5.74, 6) is -0.363. The molecule has 2 amide bonds. The van der Waals surface area contributed by atoms with E-state index in [-0.39, 0.29) is 24.9 Å². The van der Waals surface area contributed by atoms with Crippen molar-refractivity contribution in [2.75, 3.05) is 32.0 Å². The zero-order valence-electron chi connectivity index (χ0n) is 14.2.